The normalized spacial score (nSPS) is 19.6. The van der Waals surface area contributed by atoms with Crippen LogP contribution >= 0.6 is 0 Å². The second kappa shape index (κ2) is 6.89. The lowest BCUT2D eigenvalue weighted by molar-refractivity contribution is -0.150. The van der Waals surface area contributed by atoms with E-state index >= 15 is 0 Å². The summed E-state index contributed by atoms with van der Waals surface area (Å²) in [5.41, 5.74) is 0. The molecule has 5 heteroatoms. The molecule has 0 bridgehead atoms. The fraction of sp³-hybridized carbons (Fsp3) is 0.857. The number of carboxylic acids is 1. The topological polar surface area (TPSA) is 66.8 Å². The van der Waals surface area contributed by atoms with Crippen LogP contribution in [-0.2, 0) is 14.3 Å². The van der Waals surface area contributed by atoms with Crippen molar-refractivity contribution in [2.75, 3.05) is 20.3 Å². The first-order valence-electron chi connectivity index (χ1n) is 6.92. The van der Waals surface area contributed by atoms with E-state index in [-0.39, 0.29) is 11.9 Å². The highest BCUT2D eigenvalue weighted by Crippen LogP contribution is 2.35. The van der Waals surface area contributed by atoms with Gasteiger partial charge in [-0.3, -0.25) is 9.59 Å². The van der Waals surface area contributed by atoms with E-state index < -0.39 is 17.8 Å². The van der Waals surface area contributed by atoms with Gasteiger partial charge in [-0.05, 0) is 25.7 Å². The average molecular weight is 271 g/mol. The summed E-state index contributed by atoms with van der Waals surface area (Å²) in [6.07, 6.45) is 2.31. The second-order valence-electron chi connectivity index (χ2n) is 5.52. The van der Waals surface area contributed by atoms with Gasteiger partial charge in [-0.2, -0.15) is 0 Å². The molecule has 0 spiro atoms. The first kappa shape index (κ1) is 16.0. The molecule has 1 rings (SSSR count). The minimum Gasteiger partial charge on any atom is -0.481 e. The Labute approximate surface area is 114 Å². The molecule has 0 aromatic carbocycles. The Morgan fingerprint density at radius 2 is 1.84 bits per heavy atom. The number of carbonyl (C=O) groups is 2. The van der Waals surface area contributed by atoms with Gasteiger partial charge < -0.3 is 14.7 Å². The molecule has 1 amide bonds. The molecule has 1 N–H and O–H groups in total. The lowest BCUT2D eigenvalue weighted by atomic mass is 9.94. The molecular formula is C14H25NO4. The predicted octanol–water partition coefficient (Wildman–Crippen LogP) is 1.62. The van der Waals surface area contributed by atoms with Crippen LogP contribution in [0.15, 0.2) is 0 Å². The number of ether oxygens (including phenoxy) is 1. The third kappa shape index (κ3) is 4.20. The largest absolute Gasteiger partial charge is 0.481 e. The number of rotatable bonds is 8. The van der Waals surface area contributed by atoms with Crippen molar-refractivity contribution >= 4 is 11.9 Å². The number of hydrogen-bond donors (Lipinski definition) is 1. The standard InChI is InChI=1S/C14H25NO4/c1-9(10(2)14(17)18)13(16)15(7-8-19-4)11(3)12-5-6-12/h9-12H,5-8H2,1-4H3,(H,17,18). The fourth-order valence-corrected chi connectivity index (χ4v) is 2.23. The van der Waals surface area contributed by atoms with E-state index in [1.807, 2.05) is 6.92 Å². The molecule has 1 fully saturated rings. The summed E-state index contributed by atoms with van der Waals surface area (Å²) in [6.45, 7) is 6.34. The number of carbonyl (C=O) groups excluding carboxylic acids is 1. The number of aliphatic carboxylic acids is 1. The van der Waals surface area contributed by atoms with Crippen molar-refractivity contribution in [1.29, 1.82) is 0 Å². The van der Waals surface area contributed by atoms with E-state index in [0.717, 1.165) is 12.8 Å². The fourth-order valence-electron chi connectivity index (χ4n) is 2.23. The molecule has 5 nitrogen and oxygen atoms in total. The van der Waals surface area contributed by atoms with Crippen molar-refractivity contribution in [1.82, 2.24) is 4.90 Å². The highest BCUT2D eigenvalue weighted by atomic mass is 16.5. The number of carboxylic acid groups (broad SMARTS) is 1. The van der Waals surface area contributed by atoms with Gasteiger partial charge in [-0.15, -0.1) is 0 Å². The maximum Gasteiger partial charge on any atom is 0.307 e. The molecular weight excluding hydrogens is 246 g/mol. The molecule has 0 heterocycles. The summed E-state index contributed by atoms with van der Waals surface area (Å²) in [5.74, 6) is -1.61. The van der Waals surface area contributed by atoms with Gasteiger partial charge in [0.1, 0.15) is 0 Å². The van der Waals surface area contributed by atoms with Gasteiger partial charge in [0.2, 0.25) is 5.91 Å². The number of methoxy groups -OCH3 is 1. The molecule has 0 aromatic rings. The summed E-state index contributed by atoms with van der Waals surface area (Å²) in [7, 11) is 1.60. The van der Waals surface area contributed by atoms with Crippen LogP contribution in [0.2, 0.25) is 0 Å². The highest BCUT2D eigenvalue weighted by Gasteiger charge is 2.37. The SMILES string of the molecule is COCCN(C(=O)C(C)C(C)C(=O)O)C(C)C1CC1. The Balaban J connectivity index is 2.71. The van der Waals surface area contributed by atoms with E-state index in [1.54, 1.807) is 25.9 Å². The zero-order valence-electron chi connectivity index (χ0n) is 12.3. The molecule has 1 aliphatic rings. The third-order valence-electron chi connectivity index (χ3n) is 4.14. The van der Waals surface area contributed by atoms with E-state index in [9.17, 15) is 9.59 Å². The Morgan fingerprint density at radius 3 is 2.26 bits per heavy atom. The predicted molar refractivity (Wildman–Crippen MR) is 71.7 cm³/mol. The quantitative estimate of drug-likeness (QED) is 0.728. The van der Waals surface area contributed by atoms with E-state index in [2.05, 4.69) is 0 Å². The van der Waals surface area contributed by atoms with Crippen molar-refractivity contribution in [3.05, 3.63) is 0 Å². The lowest BCUT2D eigenvalue weighted by Gasteiger charge is -2.32. The van der Waals surface area contributed by atoms with Gasteiger partial charge in [-0.1, -0.05) is 13.8 Å². The van der Waals surface area contributed by atoms with Crippen molar-refractivity contribution in [3.63, 3.8) is 0 Å². The summed E-state index contributed by atoms with van der Waals surface area (Å²) in [6, 6.07) is 0.172. The Bertz CT molecular complexity index is 327. The molecule has 19 heavy (non-hydrogen) atoms. The van der Waals surface area contributed by atoms with Crippen LogP contribution in [-0.4, -0.2) is 48.2 Å². The van der Waals surface area contributed by atoms with Gasteiger partial charge in [0.25, 0.3) is 0 Å². The molecule has 3 atom stereocenters. The minimum absolute atomic E-state index is 0.0775. The van der Waals surface area contributed by atoms with Gasteiger partial charge in [0.15, 0.2) is 0 Å². The third-order valence-corrected chi connectivity index (χ3v) is 4.14. The molecule has 1 aliphatic carbocycles. The molecule has 0 aliphatic heterocycles. The van der Waals surface area contributed by atoms with E-state index in [4.69, 9.17) is 9.84 Å². The monoisotopic (exact) mass is 271 g/mol. The number of hydrogen-bond acceptors (Lipinski definition) is 3. The number of amides is 1. The van der Waals surface area contributed by atoms with Crippen LogP contribution in [0.1, 0.15) is 33.6 Å². The van der Waals surface area contributed by atoms with Crippen molar-refractivity contribution in [2.45, 2.75) is 39.7 Å². The van der Waals surface area contributed by atoms with Gasteiger partial charge >= 0.3 is 5.97 Å². The maximum atomic E-state index is 12.5. The molecule has 0 saturated heterocycles. The van der Waals surface area contributed by atoms with Crippen LogP contribution < -0.4 is 0 Å². The van der Waals surface area contributed by atoms with E-state index in [1.165, 1.54) is 0 Å². The zero-order chi connectivity index (χ0) is 14.6. The molecule has 0 aromatic heterocycles. The molecule has 3 unspecified atom stereocenters. The van der Waals surface area contributed by atoms with Crippen LogP contribution in [0, 0.1) is 17.8 Å². The van der Waals surface area contributed by atoms with Gasteiger partial charge in [0.05, 0.1) is 12.5 Å². The Kier molecular flexibility index (Phi) is 5.79. The van der Waals surface area contributed by atoms with Crippen LogP contribution in [0.3, 0.4) is 0 Å². The lowest BCUT2D eigenvalue weighted by Crippen LogP contribution is -2.46. The Hall–Kier alpha value is -1.10. The zero-order valence-corrected chi connectivity index (χ0v) is 12.3. The first-order valence-corrected chi connectivity index (χ1v) is 6.92. The highest BCUT2D eigenvalue weighted by molar-refractivity contribution is 5.84. The molecule has 0 radical (unpaired) electrons. The summed E-state index contributed by atoms with van der Waals surface area (Å²) < 4.78 is 5.05. The summed E-state index contributed by atoms with van der Waals surface area (Å²) >= 11 is 0. The molecule has 110 valence electrons. The first-order chi connectivity index (χ1) is 8.90. The molecule has 1 saturated carbocycles. The minimum atomic E-state index is -0.924. The van der Waals surface area contributed by atoms with Crippen LogP contribution in [0.5, 0.6) is 0 Å². The second-order valence-corrected chi connectivity index (χ2v) is 5.52. The smallest absolute Gasteiger partial charge is 0.307 e. The van der Waals surface area contributed by atoms with Crippen molar-refractivity contribution in [3.8, 4) is 0 Å². The van der Waals surface area contributed by atoms with Crippen molar-refractivity contribution in [2.24, 2.45) is 17.8 Å². The Morgan fingerprint density at radius 1 is 1.26 bits per heavy atom. The van der Waals surface area contributed by atoms with Crippen LogP contribution in [0.4, 0.5) is 0 Å². The maximum absolute atomic E-state index is 12.5. The number of nitrogens with zero attached hydrogens (tertiary/aromatic N) is 1. The van der Waals surface area contributed by atoms with E-state index in [0.29, 0.717) is 19.1 Å². The average Bonchev–Trinajstić information content (AvgIpc) is 3.20. The van der Waals surface area contributed by atoms with Gasteiger partial charge in [0, 0.05) is 25.6 Å². The van der Waals surface area contributed by atoms with Gasteiger partial charge in [-0.25, -0.2) is 0 Å². The van der Waals surface area contributed by atoms with Crippen molar-refractivity contribution < 1.29 is 19.4 Å². The van der Waals surface area contributed by atoms with Crippen LogP contribution in [0.25, 0.3) is 0 Å². The summed E-state index contributed by atoms with van der Waals surface area (Å²) in [4.78, 5) is 25.3. The summed E-state index contributed by atoms with van der Waals surface area (Å²) in [5, 5.41) is 9.02.